The first-order valence-corrected chi connectivity index (χ1v) is 6.65. The van der Waals surface area contributed by atoms with Gasteiger partial charge in [0.15, 0.2) is 0 Å². The third-order valence-electron chi connectivity index (χ3n) is 2.90. The SMILES string of the molecule is CCc1cc(N(CCOC)CCC(N)=NO)nc(C)n1. The van der Waals surface area contributed by atoms with Gasteiger partial charge in [-0.25, -0.2) is 9.97 Å². The first-order chi connectivity index (χ1) is 9.60. The molecule has 1 heterocycles. The Hall–Kier alpha value is -1.89. The molecule has 0 unspecified atom stereocenters. The molecule has 0 saturated carbocycles. The van der Waals surface area contributed by atoms with Crippen LogP contribution >= 0.6 is 0 Å². The molecule has 0 aliphatic rings. The van der Waals surface area contributed by atoms with Gasteiger partial charge < -0.3 is 20.6 Å². The van der Waals surface area contributed by atoms with E-state index in [1.54, 1.807) is 7.11 Å². The molecule has 1 rings (SSSR count). The van der Waals surface area contributed by atoms with Crippen LogP contribution in [0.2, 0.25) is 0 Å². The molecule has 7 heteroatoms. The number of nitrogens with zero attached hydrogens (tertiary/aromatic N) is 4. The van der Waals surface area contributed by atoms with Crippen LogP contribution in [-0.4, -0.2) is 47.8 Å². The predicted octanol–water partition coefficient (Wildman–Crippen LogP) is 0.937. The Morgan fingerprint density at radius 3 is 2.80 bits per heavy atom. The first-order valence-electron chi connectivity index (χ1n) is 6.65. The van der Waals surface area contributed by atoms with Crippen LogP contribution in [-0.2, 0) is 11.2 Å². The van der Waals surface area contributed by atoms with Crippen molar-refractivity contribution < 1.29 is 9.94 Å². The molecule has 0 aliphatic heterocycles. The van der Waals surface area contributed by atoms with Crippen LogP contribution in [0.4, 0.5) is 5.82 Å². The Morgan fingerprint density at radius 2 is 2.20 bits per heavy atom. The molecule has 1 aromatic heterocycles. The monoisotopic (exact) mass is 281 g/mol. The van der Waals surface area contributed by atoms with E-state index in [0.29, 0.717) is 26.1 Å². The Kier molecular flexibility index (Phi) is 6.72. The average molecular weight is 281 g/mol. The second-order valence-corrected chi connectivity index (χ2v) is 4.44. The third-order valence-corrected chi connectivity index (χ3v) is 2.90. The van der Waals surface area contributed by atoms with Crippen LogP contribution in [0.5, 0.6) is 0 Å². The van der Waals surface area contributed by atoms with Gasteiger partial charge in [0, 0.05) is 38.4 Å². The summed E-state index contributed by atoms with van der Waals surface area (Å²) in [7, 11) is 1.66. The van der Waals surface area contributed by atoms with Crippen molar-refractivity contribution in [1.82, 2.24) is 9.97 Å². The molecule has 1 aromatic rings. The quantitative estimate of drug-likeness (QED) is 0.318. The second kappa shape index (κ2) is 8.31. The number of aromatic nitrogens is 2. The molecule has 7 nitrogen and oxygen atoms in total. The molecular weight excluding hydrogens is 258 g/mol. The highest BCUT2D eigenvalue weighted by Crippen LogP contribution is 2.13. The van der Waals surface area contributed by atoms with Crippen molar-refractivity contribution in [2.24, 2.45) is 10.9 Å². The van der Waals surface area contributed by atoms with E-state index in [-0.39, 0.29) is 5.84 Å². The normalized spacial score (nSPS) is 11.7. The number of nitrogens with two attached hydrogens (primary N) is 1. The highest BCUT2D eigenvalue weighted by molar-refractivity contribution is 5.80. The maximum Gasteiger partial charge on any atom is 0.140 e. The zero-order chi connectivity index (χ0) is 15.0. The third kappa shape index (κ3) is 5.00. The summed E-state index contributed by atoms with van der Waals surface area (Å²) in [6.45, 7) is 5.82. The summed E-state index contributed by atoms with van der Waals surface area (Å²) in [6.07, 6.45) is 1.32. The summed E-state index contributed by atoms with van der Waals surface area (Å²) in [5.74, 6) is 1.79. The number of ether oxygens (including phenoxy) is 1. The maximum atomic E-state index is 8.61. The van der Waals surface area contributed by atoms with Gasteiger partial charge in [0.2, 0.25) is 0 Å². The van der Waals surface area contributed by atoms with Gasteiger partial charge in [-0.2, -0.15) is 0 Å². The molecule has 0 fully saturated rings. The fourth-order valence-electron chi connectivity index (χ4n) is 1.80. The fourth-order valence-corrected chi connectivity index (χ4v) is 1.80. The van der Waals surface area contributed by atoms with Crippen LogP contribution in [0.15, 0.2) is 11.2 Å². The van der Waals surface area contributed by atoms with E-state index in [2.05, 4.69) is 26.9 Å². The van der Waals surface area contributed by atoms with Crippen molar-refractivity contribution in [2.45, 2.75) is 26.7 Å². The van der Waals surface area contributed by atoms with E-state index in [0.717, 1.165) is 23.8 Å². The van der Waals surface area contributed by atoms with E-state index in [4.69, 9.17) is 15.7 Å². The van der Waals surface area contributed by atoms with Crippen molar-refractivity contribution in [1.29, 1.82) is 0 Å². The van der Waals surface area contributed by atoms with Crippen LogP contribution in [0.1, 0.15) is 24.9 Å². The van der Waals surface area contributed by atoms with E-state index in [9.17, 15) is 0 Å². The Labute approximate surface area is 119 Å². The van der Waals surface area contributed by atoms with E-state index in [1.807, 2.05) is 13.0 Å². The van der Waals surface area contributed by atoms with Crippen LogP contribution in [0.25, 0.3) is 0 Å². The lowest BCUT2D eigenvalue weighted by Crippen LogP contribution is -2.32. The van der Waals surface area contributed by atoms with Gasteiger partial charge in [-0.3, -0.25) is 0 Å². The maximum absolute atomic E-state index is 8.61. The van der Waals surface area contributed by atoms with Gasteiger partial charge in [-0.1, -0.05) is 12.1 Å². The van der Waals surface area contributed by atoms with Crippen molar-refractivity contribution in [2.75, 3.05) is 31.7 Å². The van der Waals surface area contributed by atoms with Crippen LogP contribution < -0.4 is 10.6 Å². The summed E-state index contributed by atoms with van der Waals surface area (Å²) in [6, 6.07) is 1.97. The summed E-state index contributed by atoms with van der Waals surface area (Å²) < 4.78 is 5.12. The molecule has 0 radical (unpaired) electrons. The van der Waals surface area contributed by atoms with Gasteiger partial charge in [0.1, 0.15) is 17.5 Å². The summed E-state index contributed by atoms with van der Waals surface area (Å²) >= 11 is 0. The summed E-state index contributed by atoms with van der Waals surface area (Å²) in [5, 5.41) is 11.6. The van der Waals surface area contributed by atoms with Crippen LogP contribution in [0.3, 0.4) is 0 Å². The number of methoxy groups -OCH3 is 1. The minimum Gasteiger partial charge on any atom is -0.409 e. The lowest BCUT2D eigenvalue weighted by Gasteiger charge is -2.23. The largest absolute Gasteiger partial charge is 0.409 e. The van der Waals surface area contributed by atoms with Crippen molar-refractivity contribution >= 4 is 11.7 Å². The molecule has 0 amide bonds. The minimum absolute atomic E-state index is 0.203. The van der Waals surface area contributed by atoms with Gasteiger partial charge >= 0.3 is 0 Å². The zero-order valence-electron chi connectivity index (χ0n) is 12.3. The molecule has 0 atom stereocenters. The predicted molar refractivity (Wildman–Crippen MR) is 78.3 cm³/mol. The number of rotatable bonds is 8. The Bertz CT molecular complexity index is 450. The molecule has 0 saturated heterocycles. The highest BCUT2D eigenvalue weighted by Gasteiger charge is 2.11. The number of oxime groups is 1. The van der Waals surface area contributed by atoms with E-state index >= 15 is 0 Å². The Balaban J connectivity index is 2.88. The molecule has 0 bridgehead atoms. The van der Waals surface area contributed by atoms with Gasteiger partial charge in [-0.05, 0) is 13.3 Å². The standard InChI is InChI=1S/C13H23N5O2/c1-4-11-9-13(16-10(2)15-11)18(7-8-20-3)6-5-12(14)17-19/h9,19H,4-8H2,1-3H3,(H2,14,17). The van der Waals surface area contributed by atoms with E-state index < -0.39 is 0 Å². The van der Waals surface area contributed by atoms with E-state index in [1.165, 1.54) is 0 Å². The van der Waals surface area contributed by atoms with Gasteiger partial charge in [0.25, 0.3) is 0 Å². The first kappa shape index (κ1) is 16.2. The van der Waals surface area contributed by atoms with Crippen molar-refractivity contribution in [3.63, 3.8) is 0 Å². The number of hydrogen-bond donors (Lipinski definition) is 2. The molecule has 0 spiro atoms. The minimum atomic E-state index is 0.203. The van der Waals surface area contributed by atoms with Gasteiger partial charge in [-0.15, -0.1) is 0 Å². The molecule has 112 valence electrons. The second-order valence-electron chi connectivity index (χ2n) is 4.44. The van der Waals surface area contributed by atoms with Crippen molar-refractivity contribution in [3.05, 3.63) is 17.6 Å². The lowest BCUT2D eigenvalue weighted by atomic mass is 10.3. The Morgan fingerprint density at radius 1 is 1.45 bits per heavy atom. The average Bonchev–Trinajstić information content (AvgIpc) is 2.46. The van der Waals surface area contributed by atoms with Gasteiger partial charge in [0.05, 0.1) is 6.61 Å². The lowest BCUT2D eigenvalue weighted by molar-refractivity contribution is 0.205. The molecule has 20 heavy (non-hydrogen) atoms. The molecule has 3 N–H and O–H groups in total. The molecular formula is C13H23N5O2. The number of anilines is 1. The molecule has 0 aliphatic carbocycles. The topological polar surface area (TPSA) is 96.9 Å². The summed E-state index contributed by atoms with van der Waals surface area (Å²) in [5.41, 5.74) is 6.52. The van der Waals surface area contributed by atoms with Crippen molar-refractivity contribution in [3.8, 4) is 0 Å². The fraction of sp³-hybridized carbons (Fsp3) is 0.615. The molecule has 0 aromatic carbocycles. The number of hydrogen-bond acceptors (Lipinski definition) is 6. The number of amidine groups is 1. The number of aryl methyl sites for hydroxylation is 2. The van der Waals surface area contributed by atoms with Crippen LogP contribution in [0, 0.1) is 6.92 Å². The zero-order valence-corrected chi connectivity index (χ0v) is 12.3. The smallest absolute Gasteiger partial charge is 0.140 e. The highest BCUT2D eigenvalue weighted by atomic mass is 16.5. The summed E-state index contributed by atoms with van der Waals surface area (Å²) in [4.78, 5) is 10.9.